The fourth-order valence-corrected chi connectivity index (χ4v) is 3.45. The van der Waals surface area contributed by atoms with Crippen molar-refractivity contribution in [3.8, 4) is 0 Å². The van der Waals surface area contributed by atoms with Gasteiger partial charge in [0.25, 0.3) is 0 Å². The third-order valence-electron chi connectivity index (χ3n) is 4.71. The van der Waals surface area contributed by atoms with E-state index in [2.05, 4.69) is 4.90 Å². The molecule has 2 aliphatic rings. The average Bonchev–Trinajstić information content (AvgIpc) is 2.39. The minimum absolute atomic E-state index is 0.304. The molecule has 3 nitrogen and oxygen atoms in total. The first-order valence-electron chi connectivity index (χ1n) is 6.87. The van der Waals surface area contributed by atoms with Crippen molar-refractivity contribution in [3.05, 3.63) is 0 Å². The molecule has 1 aliphatic carbocycles. The standard InChI is InChI=1S/C13H26N2O/c14-11-13(6-2-1-3-7-13)15-8-4-12(10-16)5-9-15/h12,16H,1-11,14H2. The molecule has 2 fully saturated rings. The lowest BCUT2D eigenvalue weighted by Gasteiger charge is -2.48. The highest BCUT2D eigenvalue weighted by atomic mass is 16.3. The van der Waals surface area contributed by atoms with Crippen molar-refractivity contribution in [2.24, 2.45) is 11.7 Å². The number of nitrogens with two attached hydrogens (primary N) is 1. The van der Waals surface area contributed by atoms with E-state index in [1.165, 1.54) is 32.1 Å². The van der Waals surface area contributed by atoms with Gasteiger partial charge in [0.1, 0.15) is 0 Å². The number of piperidine rings is 1. The highest BCUT2D eigenvalue weighted by Gasteiger charge is 2.38. The van der Waals surface area contributed by atoms with Crippen molar-refractivity contribution in [1.82, 2.24) is 4.90 Å². The number of aliphatic hydroxyl groups excluding tert-OH is 1. The first kappa shape index (κ1) is 12.3. The molecular formula is C13H26N2O. The van der Waals surface area contributed by atoms with Crippen LogP contribution in [0, 0.1) is 5.92 Å². The molecule has 0 atom stereocenters. The molecular weight excluding hydrogens is 200 g/mol. The van der Waals surface area contributed by atoms with Crippen molar-refractivity contribution in [2.45, 2.75) is 50.5 Å². The van der Waals surface area contributed by atoms with Crippen LogP contribution in [0.3, 0.4) is 0 Å². The summed E-state index contributed by atoms with van der Waals surface area (Å²) in [5.74, 6) is 0.537. The Hall–Kier alpha value is -0.120. The number of aliphatic hydroxyl groups is 1. The second kappa shape index (κ2) is 5.48. The molecule has 0 bridgehead atoms. The van der Waals surface area contributed by atoms with Gasteiger partial charge in [0.2, 0.25) is 0 Å². The SMILES string of the molecule is NCC1(N2CCC(CO)CC2)CCCCC1. The zero-order chi connectivity index (χ0) is 11.4. The molecule has 2 rings (SSSR count). The van der Waals surface area contributed by atoms with E-state index in [1.807, 2.05) is 0 Å². The molecule has 3 heteroatoms. The fourth-order valence-electron chi connectivity index (χ4n) is 3.45. The third kappa shape index (κ3) is 2.41. The first-order chi connectivity index (χ1) is 7.80. The van der Waals surface area contributed by atoms with Gasteiger partial charge in [-0.25, -0.2) is 0 Å². The minimum atomic E-state index is 0.304. The Kier molecular flexibility index (Phi) is 4.22. The Bertz CT molecular complexity index is 206. The van der Waals surface area contributed by atoms with Gasteiger partial charge in [-0.2, -0.15) is 0 Å². The molecule has 16 heavy (non-hydrogen) atoms. The predicted molar refractivity (Wildman–Crippen MR) is 66.3 cm³/mol. The Morgan fingerprint density at radius 2 is 1.75 bits per heavy atom. The van der Waals surface area contributed by atoms with Gasteiger partial charge in [-0.05, 0) is 44.7 Å². The summed E-state index contributed by atoms with van der Waals surface area (Å²) in [6.07, 6.45) is 8.94. The van der Waals surface area contributed by atoms with Gasteiger partial charge in [0, 0.05) is 18.7 Å². The molecule has 94 valence electrons. The maximum atomic E-state index is 9.17. The normalized spacial score (nSPS) is 28.1. The van der Waals surface area contributed by atoms with E-state index in [0.29, 0.717) is 18.1 Å². The lowest BCUT2D eigenvalue weighted by molar-refractivity contribution is 0.0177. The van der Waals surface area contributed by atoms with Gasteiger partial charge in [-0.3, -0.25) is 4.90 Å². The van der Waals surface area contributed by atoms with Crippen LogP contribution in [0.2, 0.25) is 0 Å². The lowest BCUT2D eigenvalue weighted by atomic mass is 9.78. The zero-order valence-corrected chi connectivity index (χ0v) is 10.3. The van der Waals surface area contributed by atoms with Gasteiger partial charge < -0.3 is 10.8 Å². The number of nitrogens with zero attached hydrogens (tertiary/aromatic N) is 1. The Balaban J connectivity index is 1.94. The van der Waals surface area contributed by atoms with Crippen LogP contribution in [0.4, 0.5) is 0 Å². The molecule has 3 N–H and O–H groups in total. The van der Waals surface area contributed by atoms with E-state index in [1.54, 1.807) is 0 Å². The maximum Gasteiger partial charge on any atom is 0.0460 e. The summed E-state index contributed by atoms with van der Waals surface area (Å²) in [7, 11) is 0. The Morgan fingerprint density at radius 3 is 2.25 bits per heavy atom. The van der Waals surface area contributed by atoms with Crippen molar-refractivity contribution in [3.63, 3.8) is 0 Å². The van der Waals surface area contributed by atoms with Gasteiger partial charge in [-0.15, -0.1) is 0 Å². The second-order valence-electron chi connectivity index (χ2n) is 5.60. The highest BCUT2D eigenvalue weighted by molar-refractivity contribution is 4.95. The zero-order valence-electron chi connectivity index (χ0n) is 10.3. The topological polar surface area (TPSA) is 49.5 Å². The van der Waals surface area contributed by atoms with Crippen molar-refractivity contribution in [2.75, 3.05) is 26.2 Å². The molecule has 1 saturated heterocycles. The number of hydrogen-bond donors (Lipinski definition) is 2. The van der Waals surface area contributed by atoms with Crippen molar-refractivity contribution in [1.29, 1.82) is 0 Å². The third-order valence-corrected chi connectivity index (χ3v) is 4.71. The van der Waals surface area contributed by atoms with Crippen LogP contribution in [0.5, 0.6) is 0 Å². The van der Waals surface area contributed by atoms with E-state index in [0.717, 1.165) is 32.5 Å². The van der Waals surface area contributed by atoms with Crippen LogP contribution in [0.25, 0.3) is 0 Å². The largest absolute Gasteiger partial charge is 0.396 e. The summed E-state index contributed by atoms with van der Waals surface area (Å²) >= 11 is 0. The van der Waals surface area contributed by atoms with Gasteiger partial charge in [0.15, 0.2) is 0 Å². The molecule has 1 heterocycles. The molecule has 0 radical (unpaired) electrons. The van der Waals surface area contributed by atoms with Crippen molar-refractivity contribution >= 4 is 0 Å². The maximum absolute atomic E-state index is 9.17. The Morgan fingerprint density at radius 1 is 1.12 bits per heavy atom. The van der Waals surface area contributed by atoms with E-state index in [-0.39, 0.29) is 0 Å². The smallest absolute Gasteiger partial charge is 0.0460 e. The summed E-state index contributed by atoms with van der Waals surface area (Å²) in [5.41, 5.74) is 6.35. The van der Waals surface area contributed by atoms with Crippen LogP contribution in [0.1, 0.15) is 44.9 Å². The van der Waals surface area contributed by atoms with E-state index in [4.69, 9.17) is 10.8 Å². The summed E-state index contributed by atoms with van der Waals surface area (Å²) < 4.78 is 0. The predicted octanol–water partition coefficient (Wildman–Crippen LogP) is 1.35. The number of hydrogen-bond acceptors (Lipinski definition) is 3. The molecule has 0 aromatic carbocycles. The number of likely N-dealkylation sites (tertiary alicyclic amines) is 1. The highest BCUT2D eigenvalue weighted by Crippen LogP contribution is 2.35. The van der Waals surface area contributed by atoms with Crippen LogP contribution >= 0.6 is 0 Å². The van der Waals surface area contributed by atoms with Crippen LogP contribution in [-0.2, 0) is 0 Å². The summed E-state index contributed by atoms with van der Waals surface area (Å²) in [5, 5.41) is 9.17. The molecule has 1 aliphatic heterocycles. The number of rotatable bonds is 3. The minimum Gasteiger partial charge on any atom is -0.396 e. The van der Waals surface area contributed by atoms with E-state index in [9.17, 15) is 0 Å². The molecule has 0 aromatic heterocycles. The van der Waals surface area contributed by atoms with Gasteiger partial charge >= 0.3 is 0 Å². The molecule has 0 amide bonds. The molecule has 1 saturated carbocycles. The average molecular weight is 226 g/mol. The van der Waals surface area contributed by atoms with Gasteiger partial charge in [-0.1, -0.05) is 19.3 Å². The molecule has 0 spiro atoms. The summed E-state index contributed by atoms with van der Waals surface area (Å²) in [4.78, 5) is 2.62. The molecule has 0 aromatic rings. The van der Waals surface area contributed by atoms with Crippen LogP contribution < -0.4 is 5.73 Å². The van der Waals surface area contributed by atoms with Crippen molar-refractivity contribution < 1.29 is 5.11 Å². The fraction of sp³-hybridized carbons (Fsp3) is 1.00. The van der Waals surface area contributed by atoms with Crippen LogP contribution in [0.15, 0.2) is 0 Å². The monoisotopic (exact) mass is 226 g/mol. The van der Waals surface area contributed by atoms with E-state index >= 15 is 0 Å². The van der Waals surface area contributed by atoms with Crippen LogP contribution in [-0.4, -0.2) is 41.8 Å². The summed E-state index contributed by atoms with van der Waals surface area (Å²) in [6.45, 7) is 3.46. The lowest BCUT2D eigenvalue weighted by Crippen LogP contribution is -2.57. The first-order valence-corrected chi connectivity index (χ1v) is 6.87. The molecule has 0 unspecified atom stereocenters. The quantitative estimate of drug-likeness (QED) is 0.764. The van der Waals surface area contributed by atoms with E-state index < -0.39 is 0 Å². The van der Waals surface area contributed by atoms with Gasteiger partial charge in [0.05, 0.1) is 0 Å². The summed E-state index contributed by atoms with van der Waals surface area (Å²) in [6, 6.07) is 0. The Labute approximate surface area is 99.0 Å². The second-order valence-corrected chi connectivity index (χ2v) is 5.60.